The highest BCUT2D eigenvalue weighted by molar-refractivity contribution is 7.47. The first-order chi connectivity index (χ1) is 24.9. The number of aliphatic hydroxyl groups is 1. The molecule has 3 atom stereocenters. The molecule has 10 heteroatoms. The van der Waals surface area contributed by atoms with Crippen LogP contribution in [0, 0.1) is 5.92 Å². The number of rotatable bonds is 39. The summed E-state index contributed by atoms with van der Waals surface area (Å²) in [5.74, 6) is -0.0890. The van der Waals surface area contributed by atoms with E-state index >= 15 is 0 Å². The molecule has 0 amide bonds. The first-order valence-corrected chi connectivity index (χ1v) is 22.8. The first-order valence-electron chi connectivity index (χ1n) is 21.3. The summed E-state index contributed by atoms with van der Waals surface area (Å²) in [4.78, 5) is 35.6. The van der Waals surface area contributed by atoms with Gasteiger partial charge in [-0.25, -0.2) is 4.57 Å². The van der Waals surface area contributed by atoms with E-state index in [4.69, 9.17) is 13.8 Å². The maximum atomic E-state index is 13.3. The highest BCUT2D eigenvalue weighted by Crippen LogP contribution is 2.43. The van der Waals surface area contributed by atoms with E-state index in [1.165, 1.54) is 109 Å². The molecule has 0 saturated carbocycles. The fourth-order valence-corrected chi connectivity index (χ4v) is 6.94. The lowest BCUT2D eigenvalue weighted by Crippen LogP contribution is -2.37. The van der Waals surface area contributed by atoms with Gasteiger partial charge in [0.1, 0.15) is 25.0 Å². The average Bonchev–Trinajstić information content (AvgIpc) is 3.09. The van der Waals surface area contributed by atoms with Crippen molar-refractivity contribution in [1.29, 1.82) is 0 Å². The number of nitrogens with zero attached hydrogens (tertiary/aromatic N) is 1. The fraction of sp³-hybridized carbons (Fsp3) is 0.905. The van der Waals surface area contributed by atoms with Crippen molar-refractivity contribution in [2.24, 2.45) is 5.92 Å². The number of Topliss-reactive ketones (excluding diaryl/α,β-unsaturated/α-hetero) is 1. The maximum absolute atomic E-state index is 13.3. The standard InChI is InChI=1S/C42H82NO8P/c1-6-8-10-12-14-16-17-18-19-21-23-25-29-33-41(45)39(31-27-24-22-20-15-13-11-9-7-2)32-28-26-30-34-42(46)51-40(37-44)38-50-52(47,48)49-36-35-43(3,4)5/h24,27,39-40,44H,6-23,25-26,28-38H2,1-5H3/p+1/b27-24-/t39?,40-/m0/s1. The van der Waals surface area contributed by atoms with Crippen LogP contribution < -0.4 is 0 Å². The minimum absolute atomic E-state index is 0.0275. The third-order valence-corrected chi connectivity index (χ3v) is 10.7. The number of likely N-dealkylation sites (N-methyl/N-ethyl adjacent to an activating group) is 1. The lowest BCUT2D eigenvalue weighted by molar-refractivity contribution is -0.870. The average molecular weight is 761 g/mol. The van der Waals surface area contributed by atoms with Gasteiger partial charge >= 0.3 is 13.8 Å². The molecule has 0 aliphatic rings. The van der Waals surface area contributed by atoms with Crippen molar-refractivity contribution in [1.82, 2.24) is 0 Å². The number of carbonyl (C=O) groups excluding carboxylic acids is 2. The van der Waals surface area contributed by atoms with Crippen LogP contribution in [0.15, 0.2) is 12.2 Å². The molecule has 0 aromatic carbocycles. The lowest BCUT2D eigenvalue weighted by atomic mass is 9.90. The SMILES string of the molecule is CCCCCCCC/C=C\CC(CCCCCC(=O)O[C@@H](CO)COP(=O)(O)OCC[N+](C)(C)C)C(=O)CCCCCCCCCCCCCCC. The Balaban J connectivity index is 4.51. The number of quaternary nitrogens is 1. The zero-order chi connectivity index (χ0) is 38.8. The van der Waals surface area contributed by atoms with Crippen molar-refractivity contribution in [2.45, 2.75) is 193 Å². The Morgan fingerprint density at radius 2 is 1.17 bits per heavy atom. The van der Waals surface area contributed by atoms with Crippen LogP contribution in [0.4, 0.5) is 0 Å². The molecule has 52 heavy (non-hydrogen) atoms. The van der Waals surface area contributed by atoms with Gasteiger partial charge in [-0.15, -0.1) is 0 Å². The molecule has 0 fully saturated rings. The number of ether oxygens (including phenoxy) is 1. The van der Waals surface area contributed by atoms with Crippen molar-refractivity contribution in [3.05, 3.63) is 12.2 Å². The number of phosphoric acid groups is 1. The Bertz CT molecular complexity index is 922. The van der Waals surface area contributed by atoms with Gasteiger partial charge in [-0.2, -0.15) is 0 Å². The number of phosphoric ester groups is 1. The number of carbonyl (C=O) groups is 2. The minimum atomic E-state index is -4.32. The Kier molecular flexibility index (Phi) is 33.7. The van der Waals surface area contributed by atoms with Gasteiger partial charge < -0.3 is 19.2 Å². The van der Waals surface area contributed by atoms with Crippen molar-refractivity contribution in [2.75, 3.05) is 47.5 Å². The third kappa shape index (κ3) is 34.7. The van der Waals surface area contributed by atoms with Gasteiger partial charge in [0.2, 0.25) is 0 Å². The highest BCUT2D eigenvalue weighted by Gasteiger charge is 2.26. The second-order valence-corrected chi connectivity index (χ2v) is 17.4. The minimum Gasteiger partial charge on any atom is -0.457 e. The molecule has 0 aliphatic carbocycles. The van der Waals surface area contributed by atoms with Crippen molar-refractivity contribution < 1.29 is 42.4 Å². The highest BCUT2D eigenvalue weighted by atomic mass is 31.2. The van der Waals surface area contributed by atoms with Gasteiger partial charge in [0.25, 0.3) is 0 Å². The Labute approximate surface area is 320 Å². The molecule has 2 unspecified atom stereocenters. The summed E-state index contributed by atoms with van der Waals surface area (Å²) in [7, 11) is 1.48. The van der Waals surface area contributed by atoms with E-state index in [9.17, 15) is 24.2 Å². The van der Waals surface area contributed by atoms with E-state index < -0.39 is 33.1 Å². The molecular weight excluding hydrogens is 677 g/mol. The maximum Gasteiger partial charge on any atom is 0.472 e. The number of hydrogen-bond acceptors (Lipinski definition) is 7. The smallest absolute Gasteiger partial charge is 0.457 e. The Morgan fingerprint density at radius 1 is 0.673 bits per heavy atom. The second-order valence-electron chi connectivity index (χ2n) is 15.9. The molecule has 0 aliphatic heterocycles. The van der Waals surface area contributed by atoms with Crippen molar-refractivity contribution in [3.8, 4) is 0 Å². The largest absolute Gasteiger partial charge is 0.472 e. The number of unbranched alkanes of at least 4 members (excludes halogenated alkanes) is 20. The van der Waals surface area contributed by atoms with E-state index in [2.05, 4.69) is 26.0 Å². The molecular formula is C42H83NO8P+. The number of allylic oxidation sites excluding steroid dienone is 2. The number of hydrogen-bond donors (Lipinski definition) is 2. The van der Waals surface area contributed by atoms with Gasteiger partial charge in [-0.1, -0.05) is 148 Å². The lowest BCUT2D eigenvalue weighted by Gasteiger charge is -2.24. The topological polar surface area (TPSA) is 119 Å². The second kappa shape index (κ2) is 34.4. The predicted octanol–water partition coefficient (Wildman–Crippen LogP) is 11.0. The van der Waals surface area contributed by atoms with Crippen LogP contribution in [0.5, 0.6) is 0 Å². The van der Waals surface area contributed by atoms with E-state index in [0.29, 0.717) is 29.7 Å². The zero-order valence-corrected chi connectivity index (χ0v) is 35.4. The van der Waals surface area contributed by atoms with E-state index in [1.54, 1.807) is 0 Å². The number of aliphatic hydroxyl groups excluding tert-OH is 1. The van der Waals surface area contributed by atoms with Crippen LogP contribution in [0.2, 0.25) is 0 Å². The van der Waals surface area contributed by atoms with E-state index in [-0.39, 0.29) is 18.9 Å². The third-order valence-electron chi connectivity index (χ3n) is 9.67. The van der Waals surface area contributed by atoms with Gasteiger partial charge in [0.15, 0.2) is 0 Å². The van der Waals surface area contributed by atoms with Gasteiger partial charge in [-0.05, 0) is 38.5 Å². The summed E-state index contributed by atoms with van der Waals surface area (Å²) in [6.45, 7) is 4.08. The van der Waals surface area contributed by atoms with E-state index in [1.807, 2.05) is 21.1 Å². The first kappa shape index (κ1) is 50.9. The van der Waals surface area contributed by atoms with Crippen LogP contribution in [-0.2, 0) is 27.9 Å². The summed E-state index contributed by atoms with van der Waals surface area (Å²) >= 11 is 0. The molecule has 0 bridgehead atoms. The summed E-state index contributed by atoms with van der Waals surface area (Å²) in [6.07, 6.45) is 33.7. The molecule has 0 saturated heterocycles. The quantitative estimate of drug-likeness (QED) is 0.0209. The molecule has 0 rings (SSSR count). The van der Waals surface area contributed by atoms with Gasteiger partial charge in [-0.3, -0.25) is 18.6 Å². The fourth-order valence-electron chi connectivity index (χ4n) is 6.20. The summed E-state index contributed by atoms with van der Waals surface area (Å²) in [5.41, 5.74) is 0. The molecule has 0 radical (unpaired) electrons. The van der Waals surface area contributed by atoms with Crippen LogP contribution in [0.25, 0.3) is 0 Å². The molecule has 9 nitrogen and oxygen atoms in total. The normalized spacial score (nSPS) is 14.4. The Morgan fingerprint density at radius 3 is 1.71 bits per heavy atom. The van der Waals surface area contributed by atoms with E-state index in [0.717, 1.165) is 44.9 Å². The van der Waals surface area contributed by atoms with Crippen LogP contribution >= 0.6 is 7.82 Å². The van der Waals surface area contributed by atoms with Crippen LogP contribution in [-0.4, -0.2) is 79.8 Å². The predicted molar refractivity (Wildman–Crippen MR) is 215 cm³/mol. The summed E-state index contributed by atoms with van der Waals surface area (Å²) < 4.78 is 27.9. The van der Waals surface area contributed by atoms with Crippen molar-refractivity contribution >= 4 is 19.6 Å². The number of esters is 1. The monoisotopic (exact) mass is 761 g/mol. The molecule has 0 aromatic rings. The molecule has 0 aromatic heterocycles. The molecule has 308 valence electrons. The Hall–Kier alpha value is -1.09. The number of ketones is 1. The van der Waals surface area contributed by atoms with Gasteiger partial charge in [0.05, 0.1) is 34.4 Å². The van der Waals surface area contributed by atoms with Crippen LogP contribution in [0.1, 0.15) is 187 Å². The summed E-state index contributed by atoms with van der Waals surface area (Å²) in [5, 5.41) is 9.60. The van der Waals surface area contributed by atoms with Gasteiger partial charge in [0, 0.05) is 18.8 Å². The zero-order valence-electron chi connectivity index (χ0n) is 34.5. The van der Waals surface area contributed by atoms with Crippen molar-refractivity contribution in [3.63, 3.8) is 0 Å². The van der Waals surface area contributed by atoms with Crippen LogP contribution in [0.3, 0.4) is 0 Å². The molecule has 0 spiro atoms. The molecule has 0 heterocycles. The molecule has 2 N–H and O–H groups in total. The summed E-state index contributed by atoms with van der Waals surface area (Å²) in [6, 6.07) is 0.